The third-order valence-electron chi connectivity index (χ3n) is 5.24. The second kappa shape index (κ2) is 5.68. The average Bonchev–Trinajstić information content (AvgIpc) is 2.61. The molecule has 2 aromatic rings. The van der Waals surface area contributed by atoms with Crippen LogP contribution in [0.3, 0.4) is 0 Å². The van der Waals surface area contributed by atoms with E-state index in [1.54, 1.807) is 6.07 Å². The predicted molar refractivity (Wildman–Crippen MR) is 89.1 cm³/mol. The van der Waals surface area contributed by atoms with E-state index in [2.05, 4.69) is 16.3 Å². The number of rotatable bonds is 2. The van der Waals surface area contributed by atoms with Crippen molar-refractivity contribution in [1.82, 2.24) is 10.2 Å². The van der Waals surface area contributed by atoms with Gasteiger partial charge in [-0.1, -0.05) is 18.2 Å². The van der Waals surface area contributed by atoms with Gasteiger partial charge in [-0.25, -0.2) is 0 Å². The molecule has 0 radical (unpaired) electrons. The summed E-state index contributed by atoms with van der Waals surface area (Å²) in [5, 5.41) is 14.3. The highest BCUT2D eigenvalue weighted by Gasteiger charge is 2.34. The fourth-order valence-corrected chi connectivity index (χ4v) is 3.89. The van der Waals surface area contributed by atoms with E-state index >= 15 is 0 Å². The molecule has 0 aliphatic carbocycles. The summed E-state index contributed by atoms with van der Waals surface area (Å²) in [4.78, 5) is 15.0. The maximum Gasteiger partial charge on any atom is 0.251 e. The van der Waals surface area contributed by atoms with Gasteiger partial charge in [0.1, 0.15) is 0 Å². The number of nitrogens with zero attached hydrogens (tertiary/aromatic N) is 2. The Kier molecular flexibility index (Phi) is 3.51. The summed E-state index contributed by atoms with van der Waals surface area (Å²) < 4.78 is 0. The van der Waals surface area contributed by atoms with Gasteiger partial charge in [0.25, 0.3) is 5.91 Å². The first-order valence-corrected chi connectivity index (χ1v) is 8.21. The fourth-order valence-electron chi connectivity index (χ4n) is 3.89. The molecule has 4 nitrogen and oxygen atoms in total. The van der Waals surface area contributed by atoms with Crippen LogP contribution in [0.2, 0.25) is 0 Å². The van der Waals surface area contributed by atoms with E-state index < -0.39 is 0 Å². The summed E-state index contributed by atoms with van der Waals surface area (Å²) in [6, 6.07) is 13.7. The third kappa shape index (κ3) is 2.58. The van der Waals surface area contributed by atoms with Gasteiger partial charge >= 0.3 is 0 Å². The first-order chi connectivity index (χ1) is 11.2. The standard InChI is InChI=1S/C19H19N3O/c20-11-16-3-1-2-13-4-5-15(10-17(13)16)19(23)21-18-12-22-8-6-14(18)7-9-22/h1-5,10,14,18H,6-9,12H2,(H,21,23)/t18-/m0/s1. The molecule has 3 saturated heterocycles. The van der Waals surface area contributed by atoms with Crippen molar-refractivity contribution >= 4 is 16.7 Å². The molecule has 1 amide bonds. The highest BCUT2D eigenvalue weighted by Crippen LogP contribution is 2.28. The molecule has 0 spiro atoms. The minimum atomic E-state index is -0.0293. The zero-order valence-corrected chi connectivity index (χ0v) is 13.0. The van der Waals surface area contributed by atoms with E-state index in [4.69, 9.17) is 0 Å². The number of carbonyl (C=O) groups is 1. The van der Waals surface area contributed by atoms with E-state index in [9.17, 15) is 10.1 Å². The maximum absolute atomic E-state index is 12.6. The topological polar surface area (TPSA) is 56.1 Å². The molecule has 3 aliphatic rings. The lowest BCUT2D eigenvalue weighted by Crippen LogP contribution is -2.57. The van der Waals surface area contributed by atoms with Crippen LogP contribution in [0.15, 0.2) is 36.4 Å². The van der Waals surface area contributed by atoms with Crippen LogP contribution in [0.1, 0.15) is 28.8 Å². The second-order valence-electron chi connectivity index (χ2n) is 6.57. The molecule has 4 heteroatoms. The zero-order chi connectivity index (χ0) is 15.8. The Bertz CT molecular complexity index is 800. The molecule has 2 aromatic carbocycles. The molecule has 5 rings (SSSR count). The number of carbonyl (C=O) groups excluding carboxylic acids is 1. The molecule has 0 unspecified atom stereocenters. The number of nitriles is 1. The molecule has 116 valence electrons. The number of benzene rings is 2. The lowest BCUT2D eigenvalue weighted by Gasteiger charge is -2.44. The largest absolute Gasteiger partial charge is 0.348 e. The van der Waals surface area contributed by atoms with E-state index in [1.165, 1.54) is 25.9 Å². The third-order valence-corrected chi connectivity index (χ3v) is 5.24. The summed E-state index contributed by atoms with van der Waals surface area (Å²) in [5.41, 5.74) is 1.25. The summed E-state index contributed by atoms with van der Waals surface area (Å²) in [6.45, 7) is 3.30. The van der Waals surface area contributed by atoms with Crippen molar-refractivity contribution in [3.8, 4) is 6.07 Å². The molecule has 3 aliphatic heterocycles. The van der Waals surface area contributed by atoms with Crippen molar-refractivity contribution in [3.05, 3.63) is 47.5 Å². The molecule has 3 fully saturated rings. The summed E-state index contributed by atoms with van der Waals surface area (Å²) in [6.07, 6.45) is 2.36. The fraction of sp³-hybridized carbons (Fsp3) is 0.368. The Hall–Kier alpha value is -2.38. The van der Waals surface area contributed by atoms with Crippen LogP contribution < -0.4 is 5.32 Å². The first kappa shape index (κ1) is 14.2. The van der Waals surface area contributed by atoms with Gasteiger partial charge in [-0.05, 0) is 55.4 Å². The maximum atomic E-state index is 12.6. The Labute approximate surface area is 135 Å². The Morgan fingerprint density at radius 2 is 2.04 bits per heavy atom. The van der Waals surface area contributed by atoms with E-state index in [0.717, 1.165) is 17.3 Å². The van der Waals surface area contributed by atoms with Crippen LogP contribution in [-0.4, -0.2) is 36.5 Å². The summed E-state index contributed by atoms with van der Waals surface area (Å²) >= 11 is 0. The second-order valence-corrected chi connectivity index (χ2v) is 6.57. The summed E-state index contributed by atoms with van der Waals surface area (Å²) in [5.74, 6) is 0.581. The Balaban J connectivity index is 1.59. The zero-order valence-electron chi connectivity index (χ0n) is 13.0. The van der Waals surface area contributed by atoms with E-state index in [1.807, 2.05) is 30.3 Å². The first-order valence-electron chi connectivity index (χ1n) is 8.21. The van der Waals surface area contributed by atoms with Crippen LogP contribution in [-0.2, 0) is 0 Å². The van der Waals surface area contributed by atoms with Crippen LogP contribution in [0.25, 0.3) is 10.8 Å². The highest BCUT2D eigenvalue weighted by molar-refractivity contribution is 6.00. The van der Waals surface area contributed by atoms with Gasteiger partial charge < -0.3 is 10.2 Å². The number of amides is 1. The van der Waals surface area contributed by atoms with E-state index in [-0.39, 0.29) is 11.9 Å². The molecule has 3 heterocycles. The van der Waals surface area contributed by atoms with Gasteiger partial charge in [-0.2, -0.15) is 5.26 Å². The number of hydrogen-bond donors (Lipinski definition) is 1. The normalized spacial score (nSPS) is 26.0. The van der Waals surface area contributed by atoms with Gasteiger partial charge in [0.05, 0.1) is 11.6 Å². The van der Waals surface area contributed by atoms with Crippen LogP contribution >= 0.6 is 0 Å². The number of fused-ring (bicyclic) bond motifs is 4. The van der Waals surface area contributed by atoms with Crippen molar-refractivity contribution in [2.24, 2.45) is 5.92 Å². The molecule has 1 N–H and O–H groups in total. The van der Waals surface area contributed by atoms with Gasteiger partial charge in [0.15, 0.2) is 0 Å². The minimum absolute atomic E-state index is 0.0293. The summed E-state index contributed by atoms with van der Waals surface area (Å²) in [7, 11) is 0. The molecule has 2 bridgehead atoms. The lowest BCUT2D eigenvalue weighted by atomic mass is 9.84. The van der Waals surface area contributed by atoms with Gasteiger partial charge in [-0.15, -0.1) is 0 Å². The number of nitrogens with one attached hydrogen (secondary N) is 1. The highest BCUT2D eigenvalue weighted by atomic mass is 16.1. The van der Waals surface area contributed by atoms with Crippen LogP contribution in [0.4, 0.5) is 0 Å². The van der Waals surface area contributed by atoms with Crippen LogP contribution in [0, 0.1) is 17.2 Å². The van der Waals surface area contributed by atoms with Gasteiger partial charge in [0, 0.05) is 23.5 Å². The molecular formula is C19H19N3O. The average molecular weight is 305 g/mol. The van der Waals surface area contributed by atoms with E-state index in [0.29, 0.717) is 17.0 Å². The Morgan fingerprint density at radius 3 is 2.74 bits per heavy atom. The van der Waals surface area contributed by atoms with Crippen molar-refractivity contribution in [3.63, 3.8) is 0 Å². The molecule has 0 saturated carbocycles. The predicted octanol–water partition coefficient (Wildman–Crippen LogP) is 2.54. The van der Waals surface area contributed by atoms with Crippen molar-refractivity contribution < 1.29 is 4.79 Å². The van der Waals surface area contributed by atoms with Gasteiger partial charge in [-0.3, -0.25) is 4.79 Å². The molecule has 23 heavy (non-hydrogen) atoms. The minimum Gasteiger partial charge on any atom is -0.348 e. The number of piperidine rings is 3. The molecule has 0 aromatic heterocycles. The van der Waals surface area contributed by atoms with Gasteiger partial charge in [0.2, 0.25) is 0 Å². The van der Waals surface area contributed by atoms with Crippen molar-refractivity contribution in [2.45, 2.75) is 18.9 Å². The van der Waals surface area contributed by atoms with Crippen molar-refractivity contribution in [2.75, 3.05) is 19.6 Å². The monoisotopic (exact) mass is 305 g/mol. The van der Waals surface area contributed by atoms with Crippen LogP contribution in [0.5, 0.6) is 0 Å². The van der Waals surface area contributed by atoms with Crippen molar-refractivity contribution in [1.29, 1.82) is 5.26 Å². The number of hydrogen-bond acceptors (Lipinski definition) is 3. The lowest BCUT2D eigenvalue weighted by molar-refractivity contribution is 0.0620. The molecular weight excluding hydrogens is 286 g/mol. The quantitative estimate of drug-likeness (QED) is 0.927. The SMILES string of the molecule is N#Cc1cccc2ccc(C(=O)N[C@H]3CN4CCC3CC4)cc12. The Morgan fingerprint density at radius 1 is 1.22 bits per heavy atom. The smallest absolute Gasteiger partial charge is 0.251 e. The molecule has 1 atom stereocenters.